The minimum atomic E-state index is -4.96. The summed E-state index contributed by atoms with van der Waals surface area (Å²) >= 11 is 0. The number of nitrogens with zero attached hydrogens (tertiary/aromatic N) is 2. The first-order chi connectivity index (χ1) is 11.8. The number of rotatable bonds is 5. The van der Waals surface area contributed by atoms with Gasteiger partial charge in [0.2, 0.25) is 11.5 Å². The Bertz CT molecular complexity index is 837. The van der Waals surface area contributed by atoms with Gasteiger partial charge in [-0.05, 0) is 31.2 Å². The molecular formula is C17H12F3N3O2. The molecule has 0 aromatic heterocycles. The number of Topliss-reactive ketones (excluding diaryl/α,β-unsaturated/α-hetero) is 1. The van der Waals surface area contributed by atoms with E-state index < -0.39 is 29.2 Å². The zero-order valence-electron chi connectivity index (χ0n) is 13.0. The lowest BCUT2D eigenvalue weighted by molar-refractivity contribution is -0.274. The molecule has 0 atom stereocenters. The molecule has 2 rings (SSSR count). The number of nitrogens with one attached hydrogen (secondary N) is 1. The third-order valence-electron chi connectivity index (χ3n) is 3.03. The number of hydrazone groups is 1. The van der Waals surface area contributed by atoms with Crippen LogP contribution in [0.1, 0.15) is 15.9 Å². The van der Waals surface area contributed by atoms with Gasteiger partial charge < -0.3 is 4.74 Å². The number of hydrogen-bond acceptors (Lipinski definition) is 5. The predicted molar refractivity (Wildman–Crippen MR) is 85.3 cm³/mol. The van der Waals surface area contributed by atoms with Crippen molar-refractivity contribution in [1.82, 2.24) is 0 Å². The Hall–Kier alpha value is -3.34. The van der Waals surface area contributed by atoms with E-state index in [-0.39, 0.29) is 0 Å². The van der Waals surface area contributed by atoms with E-state index in [1.165, 1.54) is 12.1 Å². The maximum atomic E-state index is 12.4. The highest BCUT2D eigenvalue weighted by atomic mass is 19.4. The number of hydrogen-bond donors (Lipinski definition) is 1. The summed E-state index contributed by atoms with van der Waals surface area (Å²) in [5.41, 5.74) is 3.04. The van der Waals surface area contributed by atoms with E-state index in [2.05, 4.69) is 15.3 Å². The minimum absolute atomic E-state index is 0.411. The summed E-state index contributed by atoms with van der Waals surface area (Å²) in [6.07, 6.45) is -4.96. The summed E-state index contributed by atoms with van der Waals surface area (Å²) in [5, 5.41) is 12.8. The number of alkyl halides is 3. The summed E-state index contributed by atoms with van der Waals surface area (Å²) in [6, 6.07) is 13.3. The first-order valence-electron chi connectivity index (χ1n) is 7.00. The lowest BCUT2D eigenvalue weighted by Crippen LogP contribution is -2.21. The highest BCUT2D eigenvalue weighted by Crippen LogP contribution is 2.26. The molecule has 0 fully saturated rings. The molecule has 0 bridgehead atoms. The van der Waals surface area contributed by atoms with Crippen LogP contribution in [0.3, 0.4) is 0 Å². The zero-order valence-corrected chi connectivity index (χ0v) is 13.0. The first-order valence-corrected chi connectivity index (χ1v) is 7.00. The molecule has 0 unspecified atom stereocenters. The van der Waals surface area contributed by atoms with Crippen molar-refractivity contribution in [2.75, 3.05) is 5.43 Å². The highest BCUT2D eigenvalue weighted by molar-refractivity contribution is 6.51. The van der Waals surface area contributed by atoms with Gasteiger partial charge in [0, 0.05) is 0 Å². The van der Waals surface area contributed by atoms with Crippen molar-refractivity contribution in [1.29, 1.82) is 5.26 Å². The quantitative estimate of drug-likeness (QED) is 0.503. The molecule has 0 aliphatic heterocycles. The Morgan fingerprint density at radius 3 is 2.40 bits per heavy atom. The van der Waals surface area contributed by atoms with Crippen LogP contribution in [0, 0.1) is 18.3 Å². The van der Waals surface area contributed by atoms with Crippen LogP contribution in [-0.2, 0) is 0 Å². The van der Waals surface area contributed by atoms with Gasteiger partial charge in [-0.3, -0.25) is 10.2 Å². The molecule has 1 N–H and O–H groups in total. The van der Waals surface area contributed by atoms with Crippen molar-refractivity contribution in [3.05, 3.63) is 59.7 Å². The second-order valence-electron chi connectivity index (χ2n) is 4.92. The molecule has 0 radical (unpaired) electrons. The predicted octanol–water partition coefficient (Wildman–Crippen LogP) is 4.07. The number of ether oxygens (including phenoxy) is 1. The van der Waals surface area contributed by atoms with Crippen LogP contribution in [0.15, 0.2) is 53.6 Å². The third-order valence-corrected chi connectivity index (χ3v) is 3.03. The average Bonchev–Trinajstić information content (AvgIpc) is 2.56. The Morgan fingerprint density at radius 2 is 1.80 bits per heavy atom. The number of anilines is 1. The van der Waals surface area contributed by atoms with E-state index in [4.69, 9.17) is 5.26 Å². The normalized spacial score (nSPS) is 11.6. The van der Waals surface area contributed by atoms with Crippen molar-refractivity contribution < 1.29 is 22.7 Å². The van der Waals surface area contributed by atoms with Crippen LogP contribution >= 0.6 is 0 Å². The van der Waals surface area contributed by atoms with E-state index in [1.54, 1.807) is 30.3 Å². The standard InChI is InChI=1S/C17H12F3N3O2/c1-11-6-8-12(9-7-11)22-23-14(10-21)16(24)13-4-2-3-5-15(13)25-17(18,19)20/h2-9,22H,1H3/b23-14+. The van der Waals surface area contributed by atoms with Gasteiger partial charge in [0.25, 0.3) is 0 Å². The van der Waals surface area contributed by atoms with E-state index in [9.17, 15) is 18.0 Å². The lowest BCUT2D eigenvalue weighted by Gasteiger charge is -2.11. The summed E-state index contributed by atoms with van der Waals surface area (Å²) in [7, 11) is 0. The van der Waals surface area contributed by atoms with Gasteiger partial charge >= 0.3 is 6.36 Å². The molecule has 0 aliphatic rings. The third kappa shape index (κ3) is 5.07. The highest BCUT2D eigenvalue weighted by Gasteiger charge is 2.33. The monoisotopic (exact) mass is 347 g/mol. The fraction of sp³-hybridized carbons (Fsp3) is 0.118. The second kappa shape index (κ2) is 7.49. The van der Waals surface area contributed by atoms with E-state index >= 15 is 0 Å². The molecule has 0 spiro atoms. The molecule has 128 valence electrons. The number of benzene rings is 2. The Kier molecular flexibility index (Phi) is 5.39. The Morgan fingerprint density at radius 1 is 1.16 bits per heavy atom. The molecule has 8 heteroatoms. The van der Waals surface area contributed by atoms with Gasteiger partial charge in [-0.1, -0.05) is 29.8 Å². The van der Waals surface area contributed by atoms with Crippen LogP contribution in [0.5, 0.6) is 5.75 Å². The smallest absolute Gasteiger partial charge is 0.405 e. The van der Waals surface area contributed by atoms with E-state index in [0.717, 1.165) is 17.7 Å². The number of carbonyl (C=O) groups excluding carboxylic acids is 1. The maximum absolute atomic E-state index is 12.4. The number of para-hydroxylation sites is 1. The van der Waals surface area contributed by atoms with Gasteiger partial charge in [-0.15, -0.1) is 13.2 Å². The molecule has 2 aromatic carbocycles. The van der Waals surface area contributed by atoms with Gasteiger partial charge in [0.05, 0.1) is 11.3 Å². The minimum Gasteiger partial charge on any atom is -0.405 e. The topological polar surface area (TPSA) is 74.5 Å². The van der Waals surface area contributed by atoms with Crippen molar-refractivity contribution in [2.24, 2.45) is 5.10 Å². The molecule has 0 saturated heterocycles. The molecule has 0 saturated carbocycles. The van der Waals surface area contributed by atoms with Crippen LogP contribution in [0.2, 0.25) is 0 Å². The molecule has 0 aliphatic carbocycles. The summed E-state index contributed by atoms with van der Waals surface area (Å²) in [5.74, 6) is -1.68. The number of nitriles is 1. The van der Waals surface area contributed by atoms with Crippen LogP contribution in [0.4, 0.5) is 18.9 Å². The number of ketones is 1. The molecule has 25 heavy (non-hydrogen) atoms. The summed E-state index contributed by atoms with van der Waals surface area (Å²) in [6.45, 7) is 1.88. The van der Waals surface area contributed by atoms with Gasteiger partial charge in [0.15, 0.2) is 0 Å². The van der Waals surface area contributed by atoms with Crippen LogP contribution in [-0.4, -0.2) is 17.9 Å². The number of carbonyl (C=O) groups is 1. The maximum Gasteiger partial charge on any atom is 0.573 e. The molecule has 2 aromatic rings. The molecule has 0 heterocycles. The van der Waals surface area contributed by atoms with Crippen LogP contribution in [0.25, 0.3) is 0 Å². The number of aryl methyl sites for hydroxylation is 1. The van der Waals surface area contributed by atoms with E-state index in [0.29, 0.717) is 5.69 Å². The van der Waals surface area contributed by atoms with Crippen molar-refractivity contribution >= 4 is 17.2 Å². The Labute approximate surface area is 141 Å². The van der Waals surface area contributed by atoms with Gasteiger partial charge in [0.1, 0.15) is 11.8 Å². The summed E-state index contributed by atoms with van der Waals surface area (Å²) < 4.78 is 41.1. The largest absolute Gasteiger partial charge is 0.573 e. The van der Waals surface area contributed by atoms with Crippen molar-refractivity contribution in [3.63, 3.8) is 0 Å². The van der Waals surface area contributed by atoms with Gasteiger partial charge in [-0.25, -0.2) is 0 Å². The van der Waals surface area contributed by atoms with E-state index in [1.807, 2.05) is 6.92 Å². The summed E-state index contributed by atoms with van der Waals surface area (Å²) in [4.78, 5) is 12.3. The molecular weight excluding hydrogens is 335 g/mol. The number of halogens is 3. The van der Waals surface area contributed by atoms with Crippen LogP contribution < -0.4 is 10.2 Å². The average molecular weight is 347 g/mol. The molecule has 5 nitrogen and oxygen atoms in total. The Balaban J connectivity index is 2.27. The second-order valence-corrected chi connectivity index (χ2v) is 4.92. The van der Waals surface area contributed by atoms with Gasteiger partial charge in [-0.2, -0.15) is 10.4 Å². The first kappa shape index (κ1) is 18.0. The molecule has 0 amide bonds. The van der Waals surface area contributed by atoms with Crippen molar-refractivity contribution in [2.45, 2.75) is 13.3 Å². The fourth-order valence-electron chi connectivity index (χ4n) is 1.87. The SMILES string of the molecule is Cc1ccc(N/N=C(\C#N)C(=O)c2ccccc2OC(F)(F)F)cc1. The lowest BCUT2D eigenvalue weighted by atomic mass is 10.1. The zero-order chi connectivity index (χ0) is 18.4. The van der Waals surface area contributed by atoms with Crippen molar-refractivity contribution in [3.8, 4) is 11.8 Å². The fourth-order valence-corrected chi connectivity index (χ4v) is 1.87.